The first-order chi connectivity index (χ1) is 6.36. The van der Waals surface area contributed by atoms with E-state index in [0.29, 0.717) is 6.07 Å². The molecular formula is C8H3ClF4O. The third kappa shape index (κ3) is 2.04. The van der Waals surface area contributed by atoms with E-state index in [9.17, 15) is 22.4 Å². The van der Waals surface area contributed by atoms with E-state index in [1.165, 1.54) is 0 Å². The standard InChI is InChI=1S/C8H3ClF4O/c9-5-1-4(3-14)7(6(10)2-5)8(11,12)13/h1-3H. The van der Waals surface area contributed by atoms with Crippen LogP contribution in [-0.2, 0) is 6.18 Å². The van der Waals surface area contributed by atoms with E-state index in [0.717, 1.165) is 6.07 Å². The normalized spacial score (nSPS) is 11.5. The number of carbonyl (C=O) groups is 1. The maximum absolute atomic E-state index is 12.8. The van der Waals surface area contributed by atoms with Gasteiger partial charge >= 0.3 is 6.18 Å². The average Bonchev–Trinajstić information content (AvgIpc) is 1.99. The molecule has 0 aromatic heterocycles. The Hall–Kier alpha value is -1.10. The summed E-state index contributed by atoms with van der Waals surface area (Å²) in [6.07, 6.45) is -4.98. The summed E-state index contributed by atoms with van der Waals surface area (Å²) in [5, 5.41) is -0.252. The molecule has 0 amide bonds. The third-order valence-electron chi connectivity index (χ3n) is 1.50. The zero-order valence-electron chi connectivity index (χ0n) is 6.53. The van der Waals surface area contributed by atoms with Gasteiger partial charge in [-0.25, -0.2) is 4.39 Å². The van der Waals surface area contributed by atoms with Crippen molar-refractivity contribution < 1.29 is 22.4 Å². The van der Waals surface area contributed by atoms with Crippen LogP contribution in [0.25, 0.3) is 0 Å². The van der Waals surface area contributed by atoms with Crippen molar-refractivity contribution in [2.75, 3.05) is 0 Å². The fraction of sp³-hybridized carbons (Fsp3) is 0.125. The predicted octanol–water partition coefficient (Wildman–Crippen LogP) is 3.31. The molecule has 0 heterocycles. The van der Waals surface area contributed by atoms with Crippen molar-refractivity contribution in [3.63, 3.8) is 0 Å². The molecule has 0 unspecified atom stereocenters. The highest BCUT2D eigenvalue weighted by atomic mass is 35.5. The Morgan fingerprint density at radius 1 is 1.29 bits per heavy atom. The summed E-state index contributed by atoms with van der Waals surface area (Å²) < 4.78 is 49.4. The number of halogens is 5. The van der Waals surface area contributed by atoms with Crippen molar-refractivity contribution in [3.8, 4) is 0 Å². The summed E-state index contributed by atoms with van der Waals surface area (Å²) in [5.74, 6) is -1.55. The molecule has 76 valence electrons. The highest BCUT2D eigenvalue weighted by molar-refractivity contribution is 6.30. The molecule has 0 fully saturated rings. The Morgan fingerprint density at radius 2 is 1.86 bits per heavy atom. The van der Waals surface area contributed by atoms with E-state index in [1.54, 1.807) is 0 Å². The van der Waals surface area contributed by atoms with Gasteiger partial charge in [0.05, 0.1) is 0 Å². The minimum Gasteiger partial charge on any atom is -0.298 e. The van der Waals surface area contributed by atoms with Gasteiger partial charge in [0.1, 0.15) is 11.4 Å². The van der Waals surface area contributed by atoms with Crippen LogP contribution in [0.1, 0.15) is 15.9 Å². The maximum atomic E-state index is 12.8. The first kappa shape index (κ1) is 11.0. The average molecular weight is 227 g/mol. The molecule has 0 saturated heterocycles. The van der Waals surface area contributed by atoms with E-state index in [2.05, 4.69) is 0 Å². The molecule has 0 saturated carbocycles. The van der Waals surface area contributed by atoms with E-state index in [-0.39, 0.29) is 11.3 Å². The van der Waals surface area contributed by atoms with Gasteiger partial charge in [-0.05, 0) is 12.1 Å². The molecule has 0 bridgehead atoms. The van der Waals surface area contributed by atoms with Gasteiger partial charge < -0.3 is 0 Å². The number of rotatable bonds is 1. The summed E-state index contributed by atoms with van der Waals surface area (Å²) >= 11 is 5.28. The lowest BCUT2D eigenvalue weighted by atomic mass is 10.1. The Kier molecular flexibility index (Phi) is 2.80. The quantitative estimate of drug-likeness (QED) is 0.530. The van der Waals surface area contributed by atoms with Crippen molar-refractivity contribution in [2.45, 2.75) is 6.18 Å². The molecule has 0 N–H and O–H groups in total. The molecule has 0 spiro atoms. The minimum atomic E-state index is -4.90. The summed E-state index contributed by atoms with van der Waals surface area (Å²) in [6, 6.07) is 1.28. The molecule has 0 radical (unpaired) electrons. The molecule has 0 aliphatic rings. The van der Waals surface area contributed by atoms with Crippen LogP contribution in [0.3, 0.4) is 0 Å². The zero-order chi connectivity index (χ0) is 10.9. The molecular weight excluding hydrogens is 224 g/mol. The number of alkyl halides is 3. The van der Waals surface area contributed by atoms with Crippen molar-refractivity contribution in [1.29, 1.82) is 0 Å². The number of carbonyl (C=O) groups excluding carboxylic acids is 1. The van der Waals surface area contributed by atoms with Gasteiger partial charge in [0.2, 0.25) is 0 Å². The Labute approximate surface area is 81.3 Å². The summed E-state index contributed by atoms with van der Waals surface area (Å²) in [4.78, 5) is 10.3. The number of aldehydes is 1. The molecule has 6 heteroatoms. The summed E-state index contributed by atoms with van der Waals surface area (Å²) in [6.45, 7) is 0. The van der Waals surface area contributed by atoms with E-state index in [4.69, 9.17) is 11.6 Å². The van der Waals surface area contributed by atoms with Crippen LogP contribution in [0.5, 0.6) is 0 Å². The molecule has 0 aliphatic heterocycles. The van der Waals surface area contributed by atoms with Crippen LogP contribution in [0.4, 0.5) is 17.6 Å². The molecule has 0 atom stereocenters. The first-order valence-electron chi connectivity index (χ1n) is 3.37. The Morgan fingerprint density at radius 3 is 2.29 bits per heavy atom. The van der Waals surface area contributed by atoms with Crippen molar-refractivity contribution in [1.82, 2.24) is 0 Å². The van der Waals surface area contributed by atoms with Crippen molar-refractivity contribution >= 4 is 17.9 Å². The van der Waals surface area contributed by atoms with Gasteiger partial charge in [-0.1, -0.05) is 11.6 Å². The summed E-state index contributed by atoms with van der Waals surface area (Å²) in [5.41, 5.74) is -2.39. The maximum Gasteiger partial charge on any atom is 0.419 e. The fourth-order valence-electron chi connectivity index (χ4n) is 0.986. The predicted molar refractivity (Wildman–Crippen MR) is 41.8 cm³/mol. The van der Waals surface area contributed by atoms with Gasteiger partial charge in [0, 0.05) is 10.6 Å². The van der Waals surface area contributed by atoms with Crippen LogP contribution in [0.2, 0.25) is 5.02 Å². The van der Waals surface area contributed by atoms with Gasteiger partial charge in [-0.2, -0.15) is 13.2 Å². The van der Waals surface area contributed by atoms with Gasteiger partial charge in [0.25, 0.3) is 0 Å². The van der Waals surface area contributed by atoms with Gasteiger partial charge in [-0.15, -0.1) is 0 Å². The molecule has 1 rings (SSSR count). The van der Waals surface area contributed by atoms with Crippen LogP contribution < -0.4 is 0 Å². The van der Waals surface area contributed by atoms with E-state index < -0.39 is 23.1 Å². The molecule has 0 aliphatic carbocycles. The smallest absolute Gasteiger partial charge is 0.298 e. The molecule has 1 aromatic rings. The van der Waals surface area contributed by atoms with Gasteiger partial charge in [-0.3, -0.25) is 4.79 Å². The highest BCUT2D eigenvalue weighted by Crippen LogP contribution is 2.34. The second kappa shape index (κ2) is 3.57. The van der Waals surface area contributed by atoms with Crippen molar-refractivity contribution in [2.24, 2.45) is 0 Å². The summed E-state index contributed by atoms with van der Waals surface area (Å²) in [7, 11) is 0. The van der Waals surface area contributed by atoms with Gasteiger partial charge in [0.15, 0.2) is 6.29 Å². The largest absolute Gasteiger partial charge is 0.419 e. The molecule has 1 nitrogen and oxygen atoms in total. The zero-order valence-corrected chi connectivity index (χ0v) is 7.29. The van der Waals surface area contributed by atoms with Crippen LogP contribution in [0.15, 0.2) is 12.1 Å². The monoisotopic (exact) mass is 226 g/mol. The van der Waals surface area contributed by atoms with Crippen molar-refractivity contribution in [3.05, 3.63) is 34.1 Å². The lowest BCUT2D eigenvalue weighted by molar-refractivity contribution is -0.140. The van der Waals surface area contributed by atoms with Crippen LogP contribution >= 0.6 is 11.6 Å². The van der Waals surface area contributed by atoms with E-state index in [1.807, 2.05) is 0 Å². The SMILES string of the molecule is O=Cc1cc(Cl)cc(F)c1C(F)(F)F. The number of hydrogen-bond donors (Lipinski definition) is 0. The second-order valence-corrected chi connectivity index (χ2v) is 2.90. The van der Waals surface area contributed by atoms with E-state index >= 15 is 0 Å². The Bertz CT molecular complexity index is 372. The first-order valence-corrected chi connectivity index (χ1v) is 3.75. The Balaban J connectivity index is 3.48. The fourth-order valence-corrected chi connectivity index (χ4v) is 1.20. The highest BCUT2D eigenvalue weighted by Gasteiger charge is 2.37. The number of hydrogen-bond acceptors (Lipinski definition) is 1. The molecule has 1 aromatic carbocycles. The third-order valence-corrected chi connectivity index (χ3v) is 1.71. The second-order valence-electron chi connectivity index (χ2n) is 2.47. The van der Waals surface area contributed by atoms with Crippen LogP contribution in [-0.4, -0.2) is 6.29 Å². The lowest BCUT2D eigenvalue weighted by Gasteiger charge is -2.10. The minimum absolute atomic E-state index is 0.0855. The van der Waals surface area contributed by atoms with Crippen LogP contribution in [0, 0.1) is 5.82 Å². The molecule has 14 heavy (non-hydrogen) atoms. The lowest BCUT2D eigenvalue weighted by Crippen LogP contribution is -2.11. The number of benzene rings is 1. The topological polar surface area (TPSA) is 17.1 Å².